The van der Waals surface area contributed by atoms with Gasteiger partial charge in [0, 0.05) is 24.8 Å². The van der Waals surface area contributed by atoms with E-state index in [9.17, 15) is 5.11 Å². The van der Waals surface area contributed by atoms with E-state index in [0.717, 1.165) is 26.1 Å². The van der Waals surface area contributed by atoms with E-state index < -0.39 is 0 Å². The summed E-state index contributed by atoms with van der Waals surface area (Å²) in [4.78, 5) is 4.84. The van der Waals surface area contributed by atoms with Crippen LogP contribution in [0.2, 0.25) is 0 Å². The standard InChI is InChI=1S/C16H24N2O/c1-2-17-10-3-4-16(17)13-5-7-14(8-6-13)18-11-9-15(19)12-18/h5-8,15-16,19H,2-4,9-12H2,1H3/t15-,16?/m1/s1. The van der Waals surface area contributed by atoms with Crippen LogP contribution in [-0.4, -0.2) is 42.3 Å². The van der Waals surface area contributed by atoms with E-state index in [0.29, 0.717) is 6.04 Å². The molecule has 0 aliphatic carbocycles. The number of hydrogen-bond donors (Lipinski definition) is 1. The number of β-amino-alcohol motifs (C(OH)–C–C–N with tert-alkyl or cyclic N) is 1. The van der Waals surface area contributed by atoms with E-state index >= 15 is 0 Å². The monoisotopic (exact) mass is 260 g/mol. The molecule has 3 rings (SSSR count). The first-order valence-electron chi connectivity index (χ1n) is 7.55. The van der Waals surface area contributed by atoms with Crippen LogP contribution in [0.3, 0.4) is 0 Å². The first kappa shape index (κ1) is 12.9. The summed E-state index contributed by atoms with van der Waals surface area (Å²) in [6.45, 7) is 6.39. The zero-order valence-electron chi connectivity index (χ0n) is 11.8. The topological polar surface area (TPSA) is 26.7 Å². The van der Waals surface area contributed by atoms with E-state index in [2.05, 4.69) is 41.0 Å². The highest BCUT2D eigenvalue weighted by Crippen LogP contribution is 2.32. The maximum absolute atomic E-state index is 9.61. The Hall–Kier alpha value is -1.06. The van der Waals surface area contributed by atoms with Gasteiger partial charge in [-0.3, -0.25) is 4.90 Å². The van der Waals surface area contributed by atoms with Gasteiger partial charge >= 0.3 is 0 Å². The van der Waals surface area contributed by atoms with Gasteiger partial charge < -0.3 is 10.0 Å². The Labute approximate surface area is 115 Å². The Morgan fingerprint density at radius 1 is 1.16 bits per heavy atom. The van der Waals surface area contributed by atoms with Gasteiger partial charge in [-0.1, -0.05) is 19.1 Å². The smallest absolute Gasteiger partial charge is 0.0731 e. The Morgan fingerprint density at radius 3 is 2.58 bits per heavy atom. The summed E-state index contributed by atoms with van der Waals surface area (Å²) < 4.78 is 0. The van der Waals surface area contributed by atoms with Gasteiger partial charge in [0.1, 0.15) is 0 Å². The van der Waals surface area contributed by atoms with Crippen LogP contribution in [0.1, 0.15) is 37.8 Å². The van der Waals surface area contributed by atoms with Gasteiger partial charge in [-0.2, -0.15) is 0 Å². The molecule has 0 amide bonds. The summed E-state index contributed by atoms with van der Waals surface area (Å²) in [6.07, 6.45) is 3.35. The van der Waals surface area contributed by atoms with Crippen molar-refractivity contribution in [3.05, 3.63) is 29.8 Å². The minimum absolute atomic E-state index is 0.148. The molecule has 3 nitrogen and oxygen atoms in total. The van der Waals surface area contributed by atoms with Crippen molar-refractivity contribution in [2.45, 2.75) is 38.3 Å². The van der Waals surface area contributed by atoms with Gasteiger partial charge in [0.05, 0.1) is 6.10 Å². The highest BCUT2D eigenvalue weighted by atomic mass is 16.3. The molecule has 0 spiro atoms. The van der Waals surface area contributed by atoms with Gasteiger partial charge in [-0.15, -0.1) is 0 Å². The van der Waals surface area contributed by atoms with Crippen molar-refractivity contribution in [1.82, 2.24) is 4.90 Å². The molecule has 2 fully saturated rings. The van der Waals surface area contributed by atoms with Crippen LogP contribution in [0.15, 0.2) is 24.3 Å². The molecule has 2 aliphatic rings. The van der Waals surface area contributed by atoms with Crippen LogP contribution in [0.25, 0.3) is 0 Å². The second-order valence-electron chi connectivity index (χ2n) is 5.77. The van der Waals surface area contributed by atoms with E-state index in [1.54, 1.807) is 0 Å². The van der Waals surface area contributed by atoms with Gasteiger partial charge in [-0.05, 0) is 50.0 Å². The maximum atomic E-state index is 9.61. The average molecular weight is 260 g/mol. The van der Waals surface area contributed by atoms with Crippen molar-refractivity contribution in [3.63, 3.8) is 0 Å². The Kier molecular flexibility index (Phi) is 3.76. The molecule has 0 radical (unpaired) electrons. The summed E-state index contributed by atoms with van der Waals surface area (Å²) in [6, 6.07) is 9.61. The molecule has 1 unspecified atom stereocenters. The zero-order valence-corrected chi connectivity index (χ0v) is 11.8. The van der Waals surface area contributed by atoms with Gasteiger partial charge in [0.25, 0.3) is 0 Å². The summed E-state index contributed by atoms with van der Waals surface area (Å²) in [5.41, 5.74) is 2.70. The molecule has 1 N–H and O–H groups in total. The molecular weight excluding hydrogens is 236 g/mol. The highest BCUT2D eigenvalue weighted by Gasteiger charge is 2.25. The molecule has 2 saturated heterocycles. The SMILES string of the molecule is CCN1CCCC1c1ccc(N2CC[C@@H](O)C2)cc1. The molecule has 2 aliphatic heterocycles. The largest absolute Gasteiger partial charge is 0.391 e. The second-order valence-corrected chi connectivity index (χ2v) is 5.77. The van der Waals surface area contributed by atoms with E-state index in [1.165, 1.54) is 30.6 Å². The summed E-state index contributed by atoms with van der Waals surface area (Å²) in [5.74, 6) is 0. The highest BCUT2D eigenvalue weighted by molar-refractivity contribution is 5.49. The number of rotatable bonds is 3. The Balaban J connectivity index is 1.72. The average Bonchev–Trinajstić information content (AvgIpc) is 3.07. The van der Waals surface area contributed by atoms with Crippen molar-refractivity contribution in [1.29, 1.82) is 0 Å². The molecular formula is C16H24N2O. The summed E-state index contributed by atoms with van der Waals surface area (Å²) >= 11 is 0. The predicted octanol–water partition coefficient (Wildman–Crippen LogP) is 2.41. The van der Waals surface area contributed by atoms with Crippen LogP contribution >= 0.6 is 0 Å². The van der Waals surface area contributed by atoms with E-state index in [-0.39, 0.29) is 6.10 Å². The molecule has 0 bridgehead atoms. The lowest BCUT2D eigenvalue weighted by atomic mass is 10.0. The number of anilines is 1. The zero-order chi connectivity index (χ0) is 13.2. The number of benzene rings is 1. The summed E-state index contributed by atoms with van der Waals surface area (Å²) in [7, 11) is 0. The predicted molar refractivity (Wildman–Crippen MR) is 78.5 cm³/mol. The van der Waals surface area contributed by atoms with Crippen molar-refractivity contribution >= 4 is 5.69 Å². The molecule has 3 heteroatoms. The number of nitrogens with zero attached hydrogens (tertiary/aromatic N) is 2. The van der Waals surface area contributed by atoms with Gasteiger partial charge in [-0.25, -0.2) is 0 Å². The molecule has 1 aromatic rings. The van der Waals surface area contributed by atoms with Crippen LogP contribution in [-0.2, 0) is 0 Å². The number of aliphatic hydroxyl groups excluding tert-OH is 1. The van der Waals surface area contributed by atoms with Gasteiger partial charge in [0.2, 0.25) is 0 Å². The minimum atomic E-state index is -0.148. The van der Waals surface area contributed by atoms with Crippen LogP contribution in [0, 0.1) is 0 Å². The Morgan fingerprint density at radius 2 is 1.95 bits per heavy atom. The fourth-order valence-corrected chi connectivity index (χ4v) is 3.47. The van der Waals surface area contributed by atoms with Crippen molar-refractivity contribution in [3.8, 4) is 0 Å². The molecule has 0 saturated carbocycles. The third-order valence-electron chi connectivity index (χ3n) is 4.58. The van der Waals surface area contributed by atoms with Crippen LogP contribution in [0.4, 0.5) is 5.69 Å². The minimum Gasteiger partial charge on any atom is -0.391 e. The molecule has 19 heavy (non-hydrogen) atoms. The fourth-order valence-electron chi connectivity index (χ4n) is 3.47. The molecule has 0 aromatic heterocycles. The van der Waals surface area contributed by atoms with Crippen LogP contribution in [0.5, 0.6) is 0 Å². The number of likely N-dealkylation sites (tertiary alicyclic amines) is 1. The molecule has 1 aromatic carbocycles. The lowest BCUT2D eigenvalue weighted by molar-refractivity contribution is 0.198. The lowest BCUT2D eigenvalue weighted by Crippen LogP contribution is -2.23. The fraction of sp³-hybridized carbons (Fsp3) is 0.625. The third-order valence-corrected chi connectivity index (χ3v) is 4.58. The lowest BCUT2D eigenvalue weighted by Gasteiger charge is -2.24. The number of hydrogen-bond acceptors (Lipinski definition) is 3. The first-order chi connectivity index (χ1) is 9.28. The van der Waals surface area contributed by atoms with E-state index in [1.807, 2.05) is 0 Å². The molecule has 2 atom stereocenters. The quantitative estimate of drug-likeness (QED) is 0.904. The van der Waals surface area contributed by atoms with Gasteiger partial charge in [0.15, 0.2) is 0 Å². The second kappa shape index (κ2) is 5.51. The van der Waals surface area contributed by atoms with E-state index in [4.69, 9.17) is 0 Å². The maximum Gasteiger partial charge on any atom is 0.0731 e. The van der Waals surface area contributed by atoms with Crippen molar-refractivity contribution in [2.75, 3.05) is 31.1 Å². The summed E-state index contributed by atoms with van der Waals surface area (Å²) in [5, 5.41) is 9.61. The number of aliphatic hydroxyl groups is 1. The van der Waals surface area contributed by atoms with Crippen LogP contribution < -0.4 is 4.90 Å². The third kappa shape index (κ3) is 2.63. The first-order valence-corrected chi connectivity index (χ1v) is 7.55. The van der Waals surface area contributed by atoms with Crippen molar-refractivity contribution in [2.24, 2.45) is 0 Å². The molecule has 2 heterocycles. The Bertz CT molecular complexity index is 417. The van der Waals surface area contributed by atoms with Crippen molar-refractivity contribution < 1.29 is 5.11 Å². The normalized spacial score (nSPS) is 28.2. The molecule has 104 valence electrons.